The number of hydrogen-bond donors (Lipinski definition) is 1. The molecule has 0 unspecified atom stereocenters. The Kier molecular flexibility index (Phi) is 6.02. The first kappa shape index (κ1) is 24.2. The third-order valence-electron chi connectivity index (χ3n) is 5.65. The minimum Gasteiger partial charge on any atom is -0.437 e. The summed E-state index contributed by atoms with van der Waals surface area (Å²) in [5.74, 6) is -1.77. The van der Waals surface area contributed by atoms with Crippen LogP contribution in [0.1, 0.15) is 48.1 Å². The second-order valence-corrected chi connectivity index (χ2v) is 9.02. The number of halogens is 2. The summed E-state index contributed by atoms with van der Waals surface area (Å²) in [6.45, 7) is 8.02. The molecular formula is C27H24F2N2O4. The normalized spacial score (nSPS) is 11.7. The molecule has 6 nitrogen and oxygen atoms in total. The monoisotopic (exact) mass is 478 g/mol. The second-order valence-electron chi connectivity index (χ2n) is 9.02. The van der Waals surface area contributed by atoms with Crippen molar-refractivity contribution in [1.82, 2.24) is 9.55 Å². The van der Waals surface area contributed by atoms with Gasteiger partial charge in [0.1, 0.15) is 22.9 Å². The van der Waals surface area contributed by atoms with Gasteiger partial charge in [0.25, 0.3) is 5.56 Å². The van der Waals surface area contributed by atoms with Crippen molar-refractivity contribution in [2.75, 3.05) is 0 Å². The van der Waals surface area contributed by atoms with Gasteiger partial charge in [0.15, 0.2) is 11.5 Å². The Morgan fingerprint density at radius 1 is 1.06 bits per heavy atom. The summed E-state index contributed by atoms with van der Waals surface area (Å²) in [6, 6.07) is 9.35. The number of carbonyl (C=O) groups excluding carboxylic acids is 1. The van der Waals surface area contributed by atoms with Crippen LogP contribution in [0, 0.1) is 25.5 Å². The maximum atomic E-state index is 14.7. The third kappa shape index (κ3) is 4.57. The van der Waals surface area contributed by atoms with E-state index in [2.05, 4.69) is 4.98 Å². The van der Waals surface area contributed by atoms with Crippen molar-refractivity contribution in [1.29, 1.82) is 0 Å². The van der Waals surface area contributed by atoms with Crippen LogP contribution in [0.2, 0.25) is 0 Å². The fourth-order valence-corrected chi connectivity index (χ4v) is 3.97. The van der Waals surface area contributed by atoms with Crippen molar-refractivity contribution in [3.8, 4) is 28.3 Å². The molecule has 8 heteroatoms. The van der Waals surface area contributed by atoms with Crippen LogP contribution in [0.25, 0.3) is 28.3 Å². The van der Waals surface area contributed by atoms with Crippen LogP contribution in [0.15, 0.2) is 57.9 Å². The third-order valence-corrected chi connectivity index (χ3v) is 5.65. The Morgan fingerprint density at radius 2 is 1.71 bits per heavy atom. The van der Waals surface area contributed by atoms with Gasteiger partial charge in [-0.15, -0.1) is 0 Å². The summed E-state index contributed by atoms with van der Waals surface area (Å²) < 4.78 is 35.4. The molecule has 0 spiro atoms. The van der Waals surface area contributed by atoms with Gasteiger partial charge in [0.2, 0.25) is 5.89 Å². The molecule has 0 saturated heterocycles. The number of pyridine rings is 1. The lowest BCUT2D eigenvalue weighted by atomic mass is 10.0. The van der Waals surface area contributed by atoms with E-state index in [0.29, 0.717) is 16.8 Å². The fraction of sp³-hybridized carbons (Fsp3) is 0.222. The highest BCUT2D eigenvalue weighted by Crippen LogP contribution is 2.37. The molecule has 0 aliphatic carbocycles. The number of aromatic nitrogens is 2. The Hall–Kier alpha value is -3.91. The highest BCUT2D eigenvalue weighted by atomic mass is 19.1. The SMILES string of the molecule is CC(=O)c1cc(C)c(-n2cc(-c3nc(C(C)(C)O)oc3-c3ccc(F)cc3F)ccc2=O)c(C)c1. The van der Waals surface area contributed by atoms with Crippen LogP contribution >= 0.6 is 0 Å². The quantitative estimate of drug-likeness (QED) is 0.384. The van der Waals surface area contributed by atoms with Gasteiger partial charge in [-0.3, -0.25) is 14.2 Å². The number of benzene rings is 2. The predicted molar refractivity (Wildman–Crippen MR) is 128 cm³/mol. The molecule has 180 valence electrons. The van der Waals surface area contributed by atoms with Gasteiger partial charge in [-0.1, -0.05) is 0 Å². The minimum atomic E-state index is -1.48. The standard InChI is InChI=1S/C27H24F2N2O4/c1-14-10-18(16(3)32)11-15(2)24(14)31-13-17(6-9-22(31)33)23-25(35-26(30-23)27(4,5)34)20-8-7-19(28)12-21(20)29/h6-13,34H,1-5H3. The average Bonchev–Trinajstić information content (AvgIpc) is 3.20. The zero-order valence-corrected chi connectivity index (χ0v) is 19.9. The molecule has 0 atom stereocenters. The number of ketones is 1. The molecule has 0 bridgehead atoms. The van der Waals surface area contributed by atoms with Crippen molar-refractivity contribution in [2.45, 2.75) is 40.2 Å². The van der Waals surface area contributed by atoms with E-state index >= 15 is 0 Å². The van der Waals surface area contributed by atoms with Crippen LogP contribution in [0.5, 0.6) is 0 Å². The largest absolute Gasteiger partial charge is 0.437 e. The maximum Gasteiger partial charge on any atom is 0.255 e. The Labute approximate surface area is 200 Å². The van der Waals surface area contributed by atoms with E-state index in [1.54, 1.807) is 32.2 Å². The molecule has 1 N–H and O–H groups in total. The first-order valence-electron chi connectivity index (χ1n) is 10.9. The molecule has 0 amide bonds. The van der Waals surface area contributed by atoms with E-state index in [1.807, 2.05) is 0 Å². The van der Waals surface area contributed by atoms with Crippen LogP contribution in [0.3, 0.4) is 0 Å². The zero-order chi connectivity index (χ0) is 25.7. The highest BCUT2D eigenvalue weighted by Gasteiger charge is 2.28. The highest BCUT2D eigenvalue weighted by molar-refractivity contribution is 5.94. The molecule has 2 aromatic heterocycles. The molecule has 2 aromatic carbocycles. The van der Waals surface area contributed by atoms with Crippen LogP contribution < -0.4 is 5.56 Å². The first-order chi connectivity index (χ1) is 16.4. The lowest BCUT2D eigenvalue weighted by Gasteiger charge is -2.15. The van der Waals surface area contributed by atoms with Crippen molar-refractivity contribution in [2.24, 2.45) is 0 Å². The summed E-state index contributed by atoms with van der Waals surface area (Å²) in [4.78, 5) is 29.1. The molecule has 0 aliphatic rings. The van der Waals surface area contributed by atoms with Crippen molar-refractivity contribution in [3.63, 3.8) is 0 Å². The Balaban J connectivity index is 1.96. The number of aliphatic hydroxyl groups is 1. The summed E-state index contributed by atoms with van der Waals surface area (Å²) in [6.07, 6.45) is 1.54. The number of nitrogens with zero attached hydrogens (tertiary/aromatic N) is 2. The summed E-state index contributed by atoms with van der Waals surface area (Å²) >= 11 is 0. The van der Waals surface area contributed by atoms with E-state index in [4.69, 9.17) is 4.42 Å². The number of Topliss-reactive ketones (excluding diaryl/α,β-unsaturated/α-hetero) is 1. The van der Waals surface area contributed by atoms with E-state index in [9.17, 15) is 23.5 Å². The van der Waals surface area contributed by atoms with Gasteiger partial charge in [0.05, 0.1) is 11.3 Å². The Bertz CT molecular complexity index is 1500. The molecule has 35 heavy (non-hydrogen) atoms. The molecular weight excluding hydrogens is 454 g/mol. The lowest BCUT2D eigenvalue weighted by molar-refractivity contribution is 0.0490. The van der Waals surface area contributed by atoms with Gasteiger partial charge in [-0.25, -0.2) is 13.8 Å². The Morgan fingerprint density at radius 3 is 2.29 bits per heavy atom. The topological polar surface area (TPSA) is 85.3 Å². The van der Waals surface area contributed by atoms with Gasteiger partial charge in [0, 0.05) is 29.5 Å². The average molecular weight is 478 g/mol. The van der Waals surface area contributed by atoms with Crippen molar-refractivity contribution in [3.05, 3.63) is 93.2 Å². The number of carbonyl (C=O) groups is 1. The van der Waals surface area contributed by atoms with Gasteiger partial charge >= 0.3 is 0 Å². The van der Waals surface area contributed by atoms with E-state index in [0.717, 1.165) is 23.3 Å². The van der Waals surface area contributed by atoms with Crippen LogP contribution in [0.4, 0.5) is 8.78 Å². The number of oxazole rings is 1. The second kappa shape index (κ2) is 8.70. The minimum absolute atomic E-state index is 0.00908. The molecule has 4 aromatic rings. The number of rotatable bonds is 5. The van der Waals surface area contributed by atoms with E-state index < -0.39 is 17.2 Å². The van der Waals surface area contributed by atoms with E-state index in [-0.39, 0.29) is 34.3 Å². The molecule has 0 saturated carbocycles. The molecule has 0 radical (unpaired) electrons. The van der Waals surface area contributed by atoms with Crippen LogP contribution in [-0.4, -0.2) is 20.4 Å². The van der Waals surface area contributed by atoms with Gasteiger partial charge in [-0.2, -0.15) is 0 Å². The molecule has 0 fully saturated rings. The smallest absolute Gasteiger partial charge is 0.255 e. The van der Waals surface area contributed by atoms with Crippen molar-refractivity contribution < 1.29 is 23.1 Å². The van der Waals surface area contributed by atoms with Gasteiger partial charge < -0.3 is 9.52 Å². The zero-order valence-electron chi connectivity index (χ0n) is 19.9. The fourth-order valence-electron chi connectivity index (χ4n) is 3.97. The lowest BCUT2D eigenvalue weighted by Crippen LogP contribution is -2.19. The molecule has 0 aliphatic heterocycles. The predicted octanol–water partition coefficient (Wildman–Crippen LogP) is 5.48. The van der Waals surface area contributed by atoms with Gasteiger partial charge in [-0.05, 0) is 76.1 Å². The summed E-state index contributed by atoms with van der Waals surface area (Å²) in [7, 11) is 0. The van der Waals surface area contributed by atoms with E-state index in [1.165, 1.54) is 43.5 Å². The van der Waals surface area contributed by atoms with Crippen molar-refractivity contribution >= 4 is 5.78 Å². The number of hydrogen-bond acceptors (Lipinski definition) is 5. The molecule has 2 heterocycles. The summed E-state index contributed by atoms with van der Waals surface area (Å²) in [5.41, 5.74) is 1.32. The van der Waals surface area contributed by atoms with Crippen LogP contribution in [-0.2, 0) is 5.60 Å². The first-order valence-corrected chi connectivity index (χ1v) is 10.9. The maximum absolute atomic E-state index is 14.7. The molecule has 4 rings (SSSR count). The number of aryl methyl sites for hydroxylation is 2. The summed E-state index contributed by atoms with van der Waals surface area (Å²) in [5, 5.41) is 10.5.